The Kier molecular flexibility index (Phi) is 11.8. The van der Waals surface area contributed by atoms with Gasteiger partial charge in [-0.3, -0.25) is 4.79 Å². The lowest BCUT2D eigenvalue weighted by Crippen LogP contribution is -2.39. The number of carbonyl (C=O) groups is 2. The van der Waals surface area contributed by atoms with Gasteiger partial charge in [0, 0.05) is 32.4 Å². The van der Waals surface area contributed by atoms with Crippen LogP contribution < -0.4 is 0 Å². The molecule has 5 atom stereocenters. The van der Waals surface area contributed by atoms with Gasteiger partial charge in [-0.2, -0.15) is 0 Å². The summed E-state index contributed by atoms with van der Waals surface area (Å²) in [5.74, 6) is -0.0905. The summed E-state index contributed by atoms with van der Waals surface area (Å²) in [6.45, 7) is 8.12. The largest absolute Gasteiger partial charge is 0.462 e. The Balaban J connectivity index is 1.58. The van der Waals surface area contributed by atoms with E-state index < -0.39 is 5.97 Å². The molecule has 1 aromatic heterocycles. The molecule has 8 nitrogen and oxygen atoms in total. The lowest BCUT2D eigenvalue weighted by atomic mass is 9.95. The van der Waals surface area contributed by atoms with E-state index in [1.165, 1.54) is 6.08 Å². The molecule has 3 heterocycles. The van der Waals surface area contributed by atoms with E-state index in [-0.39, 0.29) is 42.9 Å². The number of allylic oxidation sites excluding steroid dienone is 2. The summed E-state index contributed by atoms with van der Waals surface area (Å²) < 4.78 is 28.9. The molecule has 0 radical (unpaired) electrons. The van der Waals surface area contributed by atoms with Crippen molar-refractivity contribution in [2.75, 3.05) is 7.11 Å². The minimum atomic E-state index is -0.397. The van der Waals surface area contributed by atoms with Crippen molar-refractivity contribution in [3.63, 3.8) is 0 Å². The second-order valence-electron chi connectivity index (χ2n) is 10.6. The summed E-state index contributed by atoms with van der Waals surface area (Å²) in [5.41, 5.74) is 3.10. The molecule has 3 rings (SSSR count). The predicted molar refractivity (Wildman–Crippen MR) is 144 cm³/mol. The van der Waals surface area contributed by atoms with E-state index in [9.17, 15) is 9.59 Å². The van der Waals surface area contributed by atoms with Crippen LogP contribution in [0.25, 0.3) is 6.08 Å². The quantitative estimate of drug-likeness (QED) is 0.221. The molecule has 2 aliphatic heterocycles. The predicted octanol–water partition coefficient (Wildman–Crippen LogP) is 5.90. The van der Waals surface area contributed by atoms with E-state index in [0.29, 0.717) is 38.0 Å². The molecule has 2 bridgehead atoms. The monoisotopic (exact) mass is 529 g/mol. The molecule has 1 fully saturated rings. The average molecular weight is 530 g/mol. The van der Waals surface area contributed by atoms with Crippen LogP contribution in [0.2, 0.25) is 0 Å². The first-order chi connectivity index (χ1) is 18.2. The van der Waals surface area contributed by atoms with Crippen LogP contribution in [0.3, 0.4) is 0 Å². The van der Waals surface area contributed by atoms with Gasteiger partial charge in [0.15, 0.2) is 0 Å². The number of hydrogen-bond acceptors (Lipinski definition) is 8. The summed E-state index contributed by atoms with van der Waals surface area (Å²) in [6.07, 6.45) is 13.3. The number of rotatable bonds is 9. The van der Waals surface area contributed by atoms with Crippen LogP contribution in [0.15, 0.2) is 40.1 Å². The van der Waals surface area contributed by atoms with Crippen molar-refractivity contribution in [1.29, 1.82) is 0 Å². The average Bonchev–Trinajstić information content (AvgIpc) is 3.27. The zero-order chi connectivity index (χ0) is 27.5. The van der Waals surface area contributed by atoms with Gasteiger partial charge in [-0.1, -0.05) is 36.6 Å². The van der Waals surface area contributed by atoms with E-state index in [1.54, 1.807) is 19.4 Å². The molecule has 0 aliphatic carbocycles. The van der Waals surface area contributed by atoms with E-state index in [0.717, 1.165) is 36.1 Å². The summed E-state index contributed by atoms with van der Waals surface area (Å²) in [6, 6.07) is 0. The van der Waals surface area contributed by atoms with Crippen LogP contribution in [0.1, 0.15) is 90.6 Å². The Morgan fingerprint density at radius 3 is 2.74 bits per heavy atom. The number of carbonyl (C=O) groups excluding carboxylic acids is 2. The van der Waals surface area contributed by atoms with Gasteiger partial charge in [0.1, 0.15) is 18.5 Å². The van der Waals surface area contributed by atoms with Crippen molar-refractivity contribution in [3.05, 3.63) is 47.2 Å². The van der Waals surface area contributed by atoms with Gasteiger partial charge < -0.3 is 23.4 Å². The zero-order valence-corrected chi connectivity index (χ0v) is 23.4. The molecule has 0 N–H and O–H groups in total. The highest BCUT2D eigenvalue weighted by molar-refractivity contribution is 5.82. The molecule has 2 aliphatic rings. The molecule has 210 valence electrons. The molecular formula is C30H43NO7. The Hall–Kier alpha value is -2.71. The van der Waals surface area contributed by atoms with Crippen molar-refractivity contribution in [2.45, 2.75) is 116 Å². The van der Waals surface area contributed by atoms with Gasteiger partial charge in [0.05, 0.1) is 30.4 Å². The molecule has 0 amide bonds. The van der Waals surface area contributed by atoms with Crippen molar-refractivity contribution >= 4 is 18.0 Å². The van der Waals surface area contributed by atoms with Crippen LogP contribution in [0, 0.1) is 0 Å². The third-order valence-corrected chi connectivity index (χ3v) is 6.66. The fourth-order valence-electron chi connectivity index (χ4n) is 4.97. The van der Waals surface area contributed by atoms with Gasteiger partial charge in [-0.15, -0.1) is 0 Å². The summed E-state index contributed by atoms with van der Waals surface area (Å²) >= 11 is 0. The maximum Gasteiger partial charge on any atom is 0.330 e. The number of hydrogen-bond donors (Lipinski definition) is 0. The third-order valence-electron chi connectivity index (χ3n) is 6.66. The van der Waals surface area contributed by atoms with Crippen molar-refractivity contribution in [2.24, 2.45) is 0 Å². The van der Waals surface area contributed by atoms with E-state index in [2.05, 4.69) is 24.9 Å². The summed E-state index contributed by atoms with van der Waals surface area (Å²) in [7, 11) is 1.69. The van der Waals surface area contributed by atoms with Crippen LogP contribution in [-0.2, 0) is 35.0 Å². The topological polar surface area (TPSA) is 97.1 Å². The first kappa shape index (κ1) is 29.8. The highest BCUT2D eigenvalue weighted by Crippen LogP contribution is 2.29. The van der Waals surface area contributed by atoms with Crippen molar-refractivity contribution in [1.82, 2.24) is 4.98 Å². The smallest absolute Gasteiger partial charge is 0.330 e. The number of aromatic nitrogens is 1. The number of esters is 2. The number of oxazole rings is 1. The number of nitrogens with zero attached hydrogens (tertiary/aromatic N) is 1. The molecule has 1 saturated heterocycles. The molecule has 0 saturated carbocycles. The lowest BCUT2D eigenvalue weighted by Gasteiger charge is -2.34. The van der Waals surface area contributed by atoms with Gasteiger partial charge in [-0.05, 0) is 52.5 Å². The second kappa shape index (κ2) is 15.0. The Morgan fingerprint density at radius 1 is 1.18 bits per heavy atom. The highest BCUT2D eigenvalue weighted by Gasteiger charge is 2.33. The van der Waals surface area contributed by atoms with Crippen LogP contribution in [0.5, 0.6) is 0 Å². The van der Waals surface area contributed by atoms with Gasteiger partial charge in [-0.25, -0.2) is 9.78 Å². The van der Waals surface area contributed by atoms with Crippen molar-refractivity contribution < 1.29 is 33.0 Å². The lowest BCUT2D eigenvalue weighted by molar-refractivity contribution is -0.163. The zero-order valence-electron chi connectivity index (χ0n) is 23.4. The first-order valence-electron chi connectivity index (χ1n) is 13.8. The SMILES string of the molecule is CCC[C@H]1C[C@@H](OC)C/C(C)=C\[C@@H]2C[C@@H](OC(=O)/C=C\CCc3coc(C=C(C)C)n3)C[C@H](CC(=O)O1)O2. The van der Waals surface area contributed by atoms with Crippen molar-refractivity contribution in [3.8, 4) is 0 Å². The number of ether oxygens (including phenoxy) is 4. The second-order valence-corrected chi connectivity index (χ2v) is 10.6. The van der Waals surface area contributed by atoms with Crippen LogP contribution in [0.4, 0.5) is 0 Å². The fraction of sp³-hybridized carbons (Fsp3) is 0.633. The molecular weight excluding hydrogens is 486 g/mol. The Bertz CT molecular complexity index is 1000. The Labute approximate surface area is 226 Å². The molecule has 0 aromatic carbocycles. The van der Waals surface area contributed by atoms with Gasteiger partial charge in [0.2, 0.25) is 5.89 Å². The summed E-state index contributed by atoms with van der Waals surface area (Å²) in [5, 5.41) is 0. The fourth-order valence-corrected chi connectivity index (χ4v) is 4.97. The normalized spacial score (nSPS) is 28.0. The minimum Gasteiger partial charge on any atom is -0.462 e. The van der Waals surface area contributed by atoms with E-state index in [1.807, 2.05) is 19.9 Å². The molecule has 0 unspecified atom stereocenters. The molecule has 38 heavy (non-hydrogen) atoms. The number of aryl methyl sites for hydroxylation is 1. The summed E-state index contributed by atoms with van der Waals surface area (Å²) in [4.78, 5) is 29.7. The highest BCUT2D eigenvalue weighted by atomic mass is 16.6. The maximum absolute atomic E-state index is 12.7. The standard InChI is InChI=1S/C30H43NO7/c1-6-9-23-15-24(34-5)13-21(4)14-25-16-26(17-27(36-25)18-30(33)37-23)38-29(32)11-8-7-10-22-19-35-28(31-22)12-20(2)3/h8,11-12,14,19,23-27H,6-7,9-10,13,15-18H2,1-5H3/b11-8-,21-14-/t23-,24-,25+,26+,27+/m0/s1. The maximum atomic E-state index is 12.7. The molecule has 8 heteroatoms. The van der Waals surface area contributed by atoms with Crippen LogP contribution in [-0.4, -0.2) is 54.6 Å². The van der Waals surface area contributed by atoms with Gasteiger partial charge >= 0.3 is 11.9 Å². The number of cyclic esters (lactones) is 1. The van der Waals surface area contributed by atoms with Gasteiger partial charge in [0.25, 0.3) is 0 Å². The first-order valence-corrected chi connectivity index (χ1v) is 13.8. The third kappa shape index (κ3) is 10.2. The van der Waals surface area contributed by atoms with Crippen LogP contribution >= 0.6 is 0 Å². The molecule has 1 aromatic rings. The van der Waals surface area contributed by atoms with E-state index in [4.69, 9.17) is 23.4 Å². The van der Waals surface area contributed by atoms with E-state index >= 15 is 0 Å². The Morgan fingerprint density at radius 2 is 2.00 bits per heavy atom. The number of methoxy groups -OCH3 is 1. The molecule has 0 spiro atoms. The number of fused-ring (bicyclic) bond motifs is 2. The minimum absolute atomic E-state index is 0.0377.